The molecule has 17 heteroatoms. The summed E-state index contributed by atoms with van der Waals surface area (Å²) in [5.41, 5.74) is 4.11. The van der Waals surface area contributed by atoms with E-state index < -0.39 is 0 Å². The van der Waals surface area contributed by atoms with E-state index in [2.05, 4.69) is 55.9 Å². The molecule has 1 saturated carbocycles. The highest BCUT2D eigenvalue weighted by molar-refractivity contribution is 7.15. The van der Waals surface area contributed by atoms with E-state index in [-0.39, 0.29) is 29.2 Å². The maximum absolute atomic E-state index is 12.9. The molecule has 2 fully saturated rings. The van der Waals surface area contributed by atoms with Gasteiger partial charge in [-0.3, -0.25) is 29.4 Å². The molecule has 5 aromatic rings. The lowest BCUT2D eigenvalue weighted by Crippen LogP contribution is -2.52. The normalized spacial score (nSPS) is 16.1. The molecule has 6 heterocycles. The Hall–Kier alpha value is -5.94. The van der Waals surface area contributed by atoms with E-state index in [0.29, 0.717) is 59.9 Å². The number of hydrogen-bond acceptors (Lipinski definition) is 12. The average Bonchev–Trinajstić information content (AvgIpc) is 3.84. The monoisotopic (exact) mass is 874 g/mol. The molecule has 4 aromatic heterocycles. The summed E-state index contributed by atoms with van der Waals surface area (Å²) < 4.78 is 2.17. The number of aryl methyl sites for hydroxylation is 2. The first kappa shape index (κ1) is 43.7. The second kappa shape index (κ2) is 20.1. The minimum Gasteiger partial charge on any atom is -0.368 e. The third-order valence-electron chi connectivity index (χ3n) is 12.6. The number of thiazole rings is 1. The number of benzene rings is 1. The zero-order valence-corrected chi connectivity index (χ0v) is 37.1. The number of pyridine rings is 1. The maximum Gasteiger partial charge on any atom is 0.268 e. The fourth-order valence-electron chi connectivity index (χ4n) is 8.94. The van der Waals surface area contributed by atoms with Crippen molar-refractivity contribution >= 4 is 74.3 Å². The van der Waals surface area contributed by atoms with Crippen molar-refractivity contribution in [3.63, 3.8) is 0 Å². The van der Waals surface area contributed by atoms with Crippen LogP contribution in [0.1, 0.15) is 108 Å². The Morgan fingerprint density at radius 1 is 0.841 bits per heavy atom. The molecule has 0 bridgehead atoms. The molecule has 1 aliphatic carbocycles. The molecule has 16 nitrogen and oxygen atoms in total. The van der Waals surface area contributed by atoms with E-state index in [1.54, 1.807) is 30.5 Å². The number of anilines is 5. The number of rotatable bonds is 17. The molecule has 8 rings (SSSR count). The van der Waals surface area contributed by atoms with Gasteiger partial charge in [0.2, 0.25) is 17.8 Å². The van der Waals surface area contributed by atoms with Crippen LogP contribution in [0.15, 0.2) is 54.9 Å². The molecule has 4 amide bonds. The van der Waals surface area contributed by atoms with Crippen LogP contribution < -0.4 is 31.5 Å². The zero-order chi connectivity index (χ0) is 43.8. The fraction of sp³-hybridized carbons (Fsp3) is 0.478. The number of hydrogen-bond donors (Lipinski definition) is 5. The summed E-state index contributed by atoms with van der Waals surface area (Å²) in [6.45, 7) is 8.72. The van der Waals surface area contributed by atoms with Gasteiger partial charge in [-0.15, -0.1) is 11.3 Å². The lowest BCUT2D eigenvalue weighted by atomic mass is 9.80. The molecule has 2 aliphatic heterocycles. The summed E-state index contributed by atoms with van der Waals surface area (Å²) in [4.78, 5) is 75.2. The van der Waals surface area contributed by atoms with Crippen molar-refractivity contribution in [3.05, 3.63) is 76.7 Å². The third kappa shape index (κ3) is 10.6. The smallest absolute Gasteiger partial charge is 0.268 e. The molecular weight excluding hydrogens is 817 g/mol. The molecule has 1 aromatic carbocycles. The minimum atomic E-state index is -0.301. The molecule has 0 radical (unpaired) electrons. The van der Waals surface area contributed by atoms with Crippen molar-refractivity contribution in [2.24, 2.45) is 0 Å². The van der Waals surface area contributed by atoms with Gasteiger partial charge in [-0.2, -0.15) is 4.98 Å². The topological polar surface area (TPSA) is 191 Å². The van der Waals surface area contributed by atoms with Crippen LogP contribution in [0.25, 0.3) is 11.0 Å². The van der Waals surface area contributed by atoms with Gasteiger partial charge in [-0.05, 0) is 69.9 Å². The van der Waals surface area contributed by atoms with Gasteiger partial charge in [0.25, 0.3) is 11.8 Å². The third-order valence-corrected chi connectivity index (χ3v) is 13.5. The lowest BCUT2D eigenvalue weighted by molar-refractivity contribution is -0.122. The molecule has 332 valence electrons. The number of carbonyl (C=O) groups excluding carboxylic acids is 4. The Balaban J connectivity index is 0.688. The van der Waals surface area contributed by atoms with Crippen molar-refractivity contribution in [1.29, 1.82) is 0 Å². The van der Waals surface area contributed by atoms with Gasteiger partial charge in [-0.1, -0.05) is 57.1 Å². The van der Waals surface area contributed by atoms with Crippen LogP contribution in [0.2, 0.25) is 0 Å². The van der Waals surface area contributed by atoms with E-state index in [0.717, 1.165) is 118 Å². The van der Waals surface area contributed by atoms with Gasteiger partial charge < -0.3 is 30.7 Å². The van der Waals surface area contributed by atoms with Gasteiger partial charge in [0.05, 0.1) is 40.9 Å². The zero-order valence-electron chi connectivity index (χ0n) is 36.3. The predicted octanol–water partition coefficient (Wildman–Crippen LogP) is 6.91. The van der Waals surface area contributed by atoms with Crippen LogP contribution in [0.4, 0.5) is 28.3 Å². The number of piperazine rings is 1. The van der Waals surface area contributed by atoms with Crippen molar-refractivity contribution in [1.82, 2.24) is 40.0 Å². The summed E-state index contributed by atoms with van der Waals surface area (Å²) in [6.07, 6.45) is 15.3. The second-order valence-electron chi connectivity index (χ2n) is 17.0. The van der Waals surface area contributed by atoms with Crippen LogP contribution in [0.5, 0.6) is 0 Å². The molecule has 3 aliphatic rings. The van der Waals surface area contributed by atoms with Gasteiger partial charge in [0.1, 0.15) is 17.2 Å². The Morgan fingerprint density at radius 2 is 1.62 bits per heavy atom. The molecule has 63 heavy (non-hydrogen) atoms. The highest BCUT2D eigenvalue weighted by atomic mass is 32.1. The van der Waals surface area contributed by atoms with Gasteiger partial charge in [0, 0.05) is 62.1 Å². The van der Waals surface area contributed by atoms with Crippen LogP contribution in [0.3, 0.4) is 0 Å². The highest BCUT2D eigenvalue weighted by Gasteiger charge is 2.41. The van der Waals surface area contributed by atoms with Crippen molar-refractivity contribution < 1.29 is 19.2 Å². The SMILES string of the molecule is Cc1nc(NC(=O)c2ccccc2NC(=O)CCCCCCCCNC(=O)CN2CCN(c3ccc(Nc4ncc5cc6n(c5n4)C4(CCCCC4)CNC6=O)nc3)CC2)sc1C. The van der Waals surface area contributed by atoms with Gasteiger partial charge in [0.15, 0.2) is 5.13 Å². The number of unbranched alkanes of at least 4 members (excludes halogenated alkanes) is 5. The number of para-hydroxylation sites is 1. The predicted molar refractivity (Wildman–Crippen MR) is 247 cm³/mol. The summed E-state index contributed by atoms with van der Waals surface area (Å²) in [5.74, 6) is 0.674. The molecule has 1 spiro atoms. The van der Waals surface area contributed by atoms with Crippen LogP contribution in [-0.2, 0) is 15.1 Å². The number of nitrogens with zero attached hydrogens (tertiary/aromatic N) is 7. The van der Waals surface area contributed by atoms with Crippen LogP contribution >= 0.6 is 11.3 Å². The first-order valence-corrected chi connectivity index (χ1v) is 23.2. The van der Waals surface area contributed by atoms with Crippen LogP contribution in [-0.4, -0.2) is 98.8 Å². The molecule has 5 N–H and O–H groups in total. The molecule has 1 saturated heterocycles. The fourth-order valence-corrected chi connectivity index (χ4v) is 9.75. The maximum atomic E-state index is 12.9. The van der Waals surface area contributed by atoms with Gasteiger partial charge in [-0.25, -0.2) is 15.0 Å². The first-order valence-electron chi connectivity index (χ1n) is 22.4. The van der Waals surface area contributed by atoms with E-state index in [1.807, 2.05) is 38.2 Å². The Kier molecular flexibility index (Phi) is 13.9. The Morgan fingerprint density at radius 3 is 2.38 bits per heavy atom. The number of amides is 4. The minimum absolute atomic E-state index is 0.0530. The molecular formula is C46H58N12O4S. The average molecular weight is 875 g/mol. The number of nitrogens with one attached hydrogen (secondary N) is 5. The van der Waals surface area contributed by atoms with E-state index in [4.69, 9.17) is 4.98 Å². The van der Waals surface area contributed by atoms with Crippen molar-refractivity contribution in [2.45, 2.75) is 96.4 Å². The molecule has 0 unspecified atom stereocenters. The number of carbonyl (C=O) groups is 4. The summed E-state index contributed by atoms with van der Waals surface area (Å²) >= 11 is 1.43. The second-order valence-corrected chi connectivity index (χ2v) is 18.2. The highest BCUT2D eigenvalue weighted by Crippen LogP contribution is 2.40. The quantitative estimate of drug-likeness (QED) is 0.0611. The summed E-state index contributed by atoms with van der Waals surface area (Å²) in [7, 11) is 0. The number of fused-ring (bicyclic) bond motifs is 4. The van der Waals surface area contributed by atoms with E-state index in [1.165, 1.54) is 17.8 Å². The lowest BCUT2D eigenvalue weighted by Gasteiger charge is -2.42. The number of aromatic nitrogens is 5. The Labute approximate surface area is 372 Å². The van der Waals surface area contributed by atoms with Crippen molar-refractivity contribution in [2.75, 3.05) is 66.7 Å². The molecule has 0 atom stereocenters. The Bertz CT molecular complexity index is 2400. The summed E-state index contributed by atoms with van der Waals surface area (Å²) in [5, 5.41) is 16.6. The standard InChI is InChI=1S/C46H58N12O4S/c1-31-32(2)63-45(51-31)55-42(61)35-14-9-10-15-36(35)52-39(59)16-8-5-3-4-6-13-21-47-40(60)29-56-22-24-57(25-23-56)34-17-18-38(48-28-34)53-44-49-27-33-26-37-43(62)50-30-46(19-11-7-12-20-46)58(37)41(33)54-44/h9-10,14-15,17-18,26-28H,3-8,11-13,16,19-25,29-30H2,1-2H3,(H,47,60)(H,50,62)(H,52,59)(H,51,55,61)(H,48,49,53,54). The van der Waals surface area contributed by atoms with Crippen LogP contribution in [0, 0.1) is 13.8 Å². The van der Waals surface area contributed by atoms with E-state index in [9.17, 15) is 19.2 Å². The van der Waals surface area contributed by atoms with Crippen molar-refractivity contribution in [3.8, 4) is 0 Å². The summed E-state index contributed by atoms with van der Waals surface area (Å²) in [6, 6.07) is 12.9. The van der Waals surface area contributed by atoms with E-state index >= 15 is 0 Å². The largest absolute Gasteiger partial charge is 0.368 e. The first-order chi connectivity index (χ1) is 30.6. The van der Waals surface area contributed by atoms with Gasteiger partial charge >= 0.3 is 0 Å².